The first kappa shape index (κ1) is 21.9. The molecular weight excluding hydrogens is 336 g/mol. The Kier molecular flexibility index (Phi) is 9.48. The lowest BCUT2D eigenvalue weighted by Gasteiger charge is -2.38. The van der Waals surface area contributed by atoms with Crippen LogP contribution in [0.4, 0.5) is 0 Å². The van der Waals surface area contributed by atoms with Crippen molar-refractivity contribution in [3.05, 3.63) is 35.4 Å². The minimum absolute atomic E-state index is 0.655. The van der Waals surface area contributed by atoms with Crippen molar-refractivity contribution >= 4 is 19.8 Å². The Morgan fingerprint density at radius 2 is 1.40 bits per heavy atom. The van der Waals surface area contributed by atoms with Crippen molar-refractivity contribution < 1.29 is 0 Å². The molecule has 0 fully saturated rings. The van der Waals surface area contributed by atoms with Gasteiger partial charge in [0.05, 0.1) is 0 Å². The van der Waals surface area contributed by atoms with Crippen LogP contribution in [-0.4, -0.2) is 13.8 Å². The maximum absolute atomic E-state index is 3.81. The Balaban J connectivity index is 3.17. The van der Waals surface area contributed by atoms with Gasteiger partial charge in [-0.1, -0.05) is 90.6 Å². The normalized spacial score (nSPS) is 11.3. The van der Waals surface area contributed by atoms with Crippen LogP contribution < -0.4 is 0 Å². The molecule has 0 saturated carbocycles. The monoisotopic (exact) mass is 370 g/mol. The molecule has 0 saturated heterocycles. The van der Waals surface area contributed by atoms with Crippen LogP contribution >= 0.6 is 11.8 Å². The summed E-state index contributed by atoms with van der Waals surface area (Å²) in [5.74, 6) is 7.98. The molecule has 0 amide bonds. The summed E-state index contributed by atoms with van der Waals surface area (Å²) in [4.78, 5) is 0. The summed E-state index contributed by atoms with van der Waals surface area (Å²) in [7, 11) is -1.70. The fraction of sp³-hybridized carbons (Fsp3) is 0.565. The molecule has 0 N–H and O–H groups in total. The molecule has 0 bridgehead atoms. The second-order valence-corrected chi connectivity index (χ2v) is 14.1. The Labute approximate surface area is 161 Å². The van der Waals surface area contributed by atoms with Crippen LogP contribution in [0.1, 0.15) is 72.4 Å². The van der Waals surface area contributed by atoms with E-state index in [9.17, 15) is 0 Å². The number of hydrogen-bond donors (Lipinski definition) is 0. The highest BCUT2D eigenvalue weighted by atomic mass is 32.2. The molecule has 0 heterocycles. The van der Waals surface area contributed by atoms with E-state index in [0.29, 0.717) is 16.6 Å². The van der Waals surface area contributed by atoms with E-state index in [4.69, 9.17) is 0 Å². The predicted octanol–water partition coefficient (Wildman–Crippen LogP) is 7.10. The number of benzene rings is 1. The molecule has 0 spiro atoms. The zero-order valence-corrected chi connectivity index (χ0v) is 18.9. The number of unbranched alkanes of at least 4 members (excludes halogenated alkanes) is 1. The highest BCUT2D eigenvalue weighted by molar-refractivity contribution is 8.03. The van der Waals surface area contributed by atoms with E-state index in [-0.39, 0.29) is 0 Å². The van der Waals surface area contributed by atoms with Gasteiger partial charge in [0.25, 0.3) is 0 Å². The van der Waals surface area contributed by atoms with Crippen molar-refractivity contribution in [3.63, 3.8) is 0 Å². The molecule has 0 unspecified atom stereocenters. The summed E-state index contributed by atoms with van der Waals surface area (Å²) >= 11 is 1.72. The average Bonchev–Trinajstić information content (AvgIpc) is 2.55. The molecule has 0 atom stereocenters. The fourth-order valence-electron chi connectivity index (χ4n) is 3.67. The minimum Gasteiger partial charge on any atom is -0.125 e. The summed E-state index contributed by atoms with van der Waals surface area (Å²) in [5, 5.41) is 3.25. The number of rotatable bonds is 6. The molecule has 1 rings (SSSR count). The zero-order valence-electron chi connectivity index (χ0n) is 17.1. The fourth-order valence-corrected chi connectivity index (χ4v) is 9.60. The number of thioether (sulfide) groups is 1. The Morgan fingerprint density at radius 3 is 1.88 bits per heavy atom. The van der Waals surface area contributed by atoms with E-state index in [1.165, 1.54) is 12.8 Å². The Morgan fingerprint density at radius 1 is 0.880 bits per heavy atom. The quantitative estimate of drug-likeness (QED) is 0.292. The van der Waals surface area contributed by atoms with E-state index in [2.05, 4.69) is 95.4 Å². The molecule has 0 aliphatic carbocycles. The van der Waals surface area contributed by atoms with E-state index in [1.54, 1.807) is 11.8 Å². The third-order valence-electron chi connectivity index (χ3n) is 5.06. The van der Waals surface area contributed by atoms with Gasteiger partial charge in [0, 0.05) is 16.9 Å². The second kappa shape index (κ2) is 10.8. The Hall–Kier alpha value is -1.09. The molecule has 0 radical (unpaired) electrons. The van der Waals surface area contributed by atoms with Gasteiger partial charge >= 0.3 is 0 Å². The standard InChI is InChI=1S/C23H34SSi/c1-8-9-16-24-17-14-22-12-10-11-13-23(22)15-18-25(19(2)3,20(4)5)21(6)7/h10-13,19-21H,8-9,16H2,1-7H3. The summed E-state index contributed by atoms with van der Waals surface area (Å²) in [6.45, 7) is 16.4. The van der Waals surface area contributed by atoms with Gasteiger partial charge in [-0.2, -0.15) is 0 Å². The molecule has 1 aromatic carbocycles. The lowest BCUT2D eigenvalue weighted by atomic mass is 10.1. The first-order valence-electron chi connectivity index (χ1n) is 9.61. The third-order valence-corrected chi connectivity index (χ3v) is 12.1. The van der Waals surface area contributed by atoms with Crippen LogP contribution in [0.2, 0.25) is 16.6 Å². The van der Waals surface area contributed by atoms with Gasteiger partial charge < -0.3 is 0 Å². The lowest BCUT2D eigenvalue weighted by Crippen LogP contribution is -2.43. The topological polar surface area (TPSA) is 0 Å². The first-order valence-corrected chi connectivity index (χ1v) is 12.8. The summed E-state index contributed by atoms with van der Waals surface area (Å²) in [5.41, 5.74) is 7.94. The molecule has 136 valence electrons. The maximum atomic E-state index is 3.81. The van der Waals surface area contributed by atoms with E-state index in [1.807, 2.05) is 0 Å². The van der Waals surface area contributed by atoms with Crippen molar-refractivity contribution in [1.29, 1.82) is 0 Å². The van der Waals surface area contributed by atoms with Crippen molar-refractivity contribution in [1.82, 2.24) is 0 Å². The van der Waals surface area contributed by atoms with Crippen LogP contribution in [0, 0.1) is 22.6 Å². The lowest BCUT2D eigenvalue weighted by molar-refractivity contribution is 0.838. The van der Waals surface area contributed by atoms with Gasteiger partial charge in [0.15, 0.2) is 0 Å². The van der Waals surface area contributed by atoms with Crippen LogP contribution in [0.25, 0.3) is 0 Å². The van der Waals surface area contributed by atoms with Gasteiger partial charge in [-0.05, 0) is 40.4 Å². The van der Waals surface area contributed by atoms with Gasteiger partial charge in [-0.15, -0.1) is 5.54 Å². The smallest absolute Gasteiger partial charge is 0.125 e. The summed E-state index contributed by atoms with van der Waals surface area (Å²) in [6, 6.07) is 8.35. The van der Waals surface area contributed by atoms with Crippen molar-refractivity contribution in [2.45, 2.75) is 77.9 Å². The van der Waals surface area contributed by atoms with Crippen molar-refractivity contribution in [3.8, 4) is 22.6 Å². The molecule has 0 aliphatic rings. The van der Waals surface area contributed by atoms with E-state index in [0.717, 1.165) is 16.9 Å². The van der Waals surface area contributed by atoms with Gasteiger partial charge in [0.1, 0.15) is 8.07 Å². The SMILES string of the molecule is CCCCSC#Cc1ccccc1C#C[Si](C(C)C)(C(C)C)C(C)C. The molecular formula is C23H34SSi. The highest BCUT2D eigenvalue weighted by Crippen LogP contribution is 2.40. The van der Waals surface area contributed by atoms with Crippen LogP contribution in [-0.2, 0) is 0 Å². The molecule has 25 heavy (non-hydrogen) atoms. The summed E-state index contributed by atoms with van der Waals surface area (Å²) < 4.78 is 0. The van der Waals surface area contributed by atoms with Crippen LogP contribution in [0.5, 0.6) is 0 Å². The van der Waals surface area contributed by atoms with Crippen LogP contribution in [0.3, 0.4) is 0 Å². The molecule has 0 aliphatic heterocycles. The Bertz CT molecular complexity index is 628. The molecule has 2 heteroatoms. The van der Waals surface area contributed by atoms with Gasteiger partial charge in [-0.3, -0.25) is 0 Å². The second-order valence-electron chi connectivity index (χ2n) is 7.62. The van der Waals surface area contributed by atoms with E-state index >= 15 is 0 Å². The largest absolute Gasteiger partial charge is 0.146 e. The molecule has 0 aromatic heterocycles. The predicted molar refractivity (Wildman–Crippen MR) is 119 cm³/mol. The average molecular weight is 371 g/mol. The molecule has 0 nitrogen and oxygen atoms in total. The van der Waals surface area contributed by atoms with E-state index < -0.39 is 8.07 Å². The molecule has 1 aromatic rings. The third kappa shape index (κ3) is 5.98. The minimum atomic E-state index is -1.70. The summed E-state index contributed by atoms with van der Waals surface area (Å²) in [6.07, 6.45) is 2.45. The van der Waals surface area contributed by atoms with Crippen molar-refractivity contribution in [2.75, 3.05) is 5.75 Å². The zero-order chi connectivity index (χ0) is 18.9. The van der Waals surface area contributed by atoms with Crippen LogP contribution in [0.15, 0.2) is 24.3 Å². The van der Waals surface area contributed by atoms with Gasteiger partial charge in [-0.25, -0.2) is 0 Å². The maximum Gasteiger partial charge on any atom is 0.146 e. The van der Waals surface area contributed by atoms with Crippen molar-refractivity contribution in [2.24, 2.45) is 0 Å². The number of hydrogen-bond acceptors (Lipinski definition) is 1. The van der Waals surface area contributed by atoms with Gasteiger partial charge in [0.2, 0.25) is 0 Å². The highest BCUT2D eigenvalue weighted by Gasteiger charge is 2.41. The first-order chi connectivity index (χ1) is 11.9.